The number of hydrogen-bond acceptors (Lipinski definition) is 4. The van der Waals surface area contributed by atoms with E-state index in [0.29, 0.717) is 0 Å². The zero-order chi connectivity index (χ0) is 17.5. The van der Waals surface area contributed by atoms with Crippen LogP contribution in [0, 0.1) is 0 Å². The van der Waals surface area contributed by atoms with Gasteiger partial charge >= 0.3 is 0 Å². The normalized spacial score (nSPS) is 11.0. The maximum atomic E-state index is 5.85. The largest absolute Gasteiger partial charge is 0.457 e. The van der Waals surface area contributed by atoms with E-state index in [2.05, 4.69) is 39.6 Å². The van der Waals surface area contributed by atoms with Crippen molar-refractivity contribution < 1.29 is 4.74 Å². The molecule has 2 aromatic carbocycles. The van der Waals surface area contributed by atoms with E-state index in [1.165, 1.54) is 0 Å². The molecule has 0 aliphatic carbocycles. The predicted molar refractivity (Wildman–Crippen MR) is 101 cm³/mol. The minimum Gasteiger partial charge on any atom is -0.457 e. The van der Waals surface area contributed by atoms with Gasteiger partial charge in [0.15, 0.2) is 0 Å². The molecule has 0 atom stereocenters. The molecular weight excluding hydrogens is 312 g/mol. The van der Waals surface area contributed by atoms with Crippen LogP contribution in [0.5, 0.6) is 11.5 Å². The quantitative estimate of drug-likeness (QED) is 0.661. The summed E-state index contributed by atoms with van der Waals surface area (Å²) < 4.78 is 5.85. The average molecular weight is 336 g/mol. The van der Waals surface area contributed by atoms with Crippen molar-refractivity contribution in [2.75, 3.05) is 27.2 Å². The van der Waals surface area contributed by atoms with Gasteiger partial charge < -0.3 is 10.1 Å². The van der Waals surface area contributed by atoms with Crippen LogP contribution in [-0.2, 0) is 6.54 Å². The fourth-order valence-electron chi connectivity index (χ4n) is 2.65. The first-order chi connectivity index (χ1) is 12.3. The number of aromatic nitrogens is 2. The van der Waals surface area contributed by atoms with E-state index in [1.54, 1.807) is 0 Å². The summed E-state index contributed by atoms with van der Waals surface area (Å²) in [6.07, 6.45) is 1.95. The Labute approximate surface area is 148 Å². The van der Waals surface area contributed by atoms with E-state index >= 15 is 0 Å². The van der Waals surface area contributed by atoms with Crippen LogP contribution in [0.15, 0.2) is 60.8 Å². The summed E-state index contributed by atoms with van der Waals surface area (Å²) in [6.45, 7) is 2.75. The second-order valence-electron chi connectivity index (χ2n) is 6.03. The first-order valence-electron chi connectivity index (χ1n) is 8.45. The van der Waals surface area contributed by atoms with Gasteiger partial charge in [-0.15, -0.1) is 0 Å². The summed E-state index contributed by atoms with van der Waals surface area (Å²) in [6, 6.07) is 17.9. The molecule has 3 aromatic rings. The third kappa shape index (κ3) is 4.68. The first-order valence-corrected chi connectivity index (χ1v) is 8.45. The van der Waals surface area contributed by atoms with Gasteiger partial charge in [0.2, 0.25) is 0 Å². The number of likely N-dealkylation sites (N-methyl/N-ethyl adjacent to an activating group) is 2. The Morgan fingerprint density at radius 1 is 1.04 bits per heavy atom. The van der Waals surface area contributed by atoms with Crippen molar-refractivity contribution in [3.63, 3.8) is 0 Å². The Morgan fingerprint density at radius 2 is 1.76 bits per heavy atom. The zero-order valence-electron chi connectivity index (χ0n) is 14.7. The number of nitrogens with one attached hydrogen (secondary N) is 2. The minimum atomic E-state index is 0.808. The van der Waals surface area contributed by atoms with Crippen LogP contribution in [0.1, 0.15) is 5.69 Å². The molecule has 0 radical (unpaired) electrons. The Hall–Kier alpha value is -2.63. The van der Waals surface area contributed by atoms with Gasteiger partial charge in [-0.25, -0.2) is 0 Å². The maximum Gasteiger partial charge on any atom is 0.127 e. The van der Waals surface area contributed by atoms with Crippen molar-refractivity contribution in [2.45, 2.75) is 6.54 Å². The Balaban J connectivity index is 1.69. The fraction of sp³-hybridized carbons (Fsp3) is 0.250. The topological polar surface area (TPSA) is 53.2 Å². The van der Waals surface area contributed by atoms with Gasteiger partial charge in [-0.05, 0) is 43.9 Å². The molecule has 1 aromatic heterocycles. The second-order valence-corrected chi connectivity index (χ2v) is 6.03. The number of rotatable bonds is 8. The summed E-state index contributed by atoms with van der Waals surface area (Å²) >= 11 is 0. The van der Waals surface area contributed by atoms with Crippen molar-refractivity contribution in [2.24, 2.45) is 0 Å². The highest BCUT2D eigenvalue weighted by molar-refractivity contribution is 5.66. The Kier molecular flexibility index (Phi) is 5.82. The Morgan fingerprint density at radius 3 is 2.48 bits per heavy atom. The molecule has 0 amide bonds. The van der Waals surface area contributed by atoms with E-state index < -0.39 is 0 Å². The molecule has 0 aliphatic heterocycles. The predicted octanol–water partition coefficient (Wildman–Crippen LogP) is 3.52. The SMILES string of the molecule is CNCCN(C)Cc1n[nH]cc1-c1ccc(Oc2ccccc2)cc1. The number of aromatic amines is 1. The number of hydrogen-bond donors (Lipinski definition) is 2. The van der Waals surface area contributed by atoms with Crippen molar-refractivity contribution >= 4 is 0 Å². The molecule has 0 saturated carbocycles. The first kappa shape index (κ1) is 17.2. The number of H-pyrrole nitrogens is 1. The summed E-state index contributed by atoms with van der Waals surface area (Å²) in [5.74, 6) is 1.66. The Bertz CT molecular complexity index is 768. The van der Waals surface area contributed by atoms with E-state index in [0.717, 1.165) is 48.0 Å². The van der Waals surface area contributed by atoms with Gasteiger partial charge in [-0.2, -0.15) is 5.10 Å². The molecular formula is C20H24N4O. The van der Waals surface area contributed by atoms with Gasteiger partial charge in [0, 0.05) is 31.4 Å². The highest BCUT2D eigenvalue weighted by Crippen LogP contribution is 2.27. The molecule has 2 N–H and O–H groups in total. The highest BCUT2D eigenvalue weighted by atomic mass is 16.5. The molecule has 0 aliphatic rings. The van der Waals surface area contributed by atoms with Crippen molar-refractivity contribution in [1.82, 2.24) is 20.4 Å². The smallest absolute Gasteiger partial charge is 0.127 e. The summed E-state index contributed by atoms with van der Waals surface area (Å²) in [4.78, 5) is 2.25. The fourth-order valence-corrected chi connectivity index (χ4v) is 2.65. The summed E-state index contributed by atoms with van der Waals surface area (Å²) in [7, 11) is 4.07. The molecule has 1 heterocycles. The van der Waals surface area contributed by atoms with Crippen molar-refractivity contribution in [3.8, 4) is 22.6 Å². The minimum absolute atomic E-state index is 0.808. The average Bonchev–Trinajstić information content (AvgIpc) is 3.09. The van der Waals surface area contributed by atoms with Crippen LogP contribution >= 0.6 is 0 Å². The lowest BCUT2D eigenvalue weighted by molar-refractivity contribution is 0.324. The van der Waals surface area contributed by atoms with E-state index in [9.17, 15) is 0 Å². The number of nitrogens with zero attached hydrogens (tertiary/aromatic N) is 2. The lowest BCUT2D eigenvalue weighted by Crippen LogP contribution is -2.27. The van der Waals surface area contributed by atoms with Crippen LogP contribution in [0.4, 0.5) is 0 Å². The molecule has 5 nitrogen and oxygen atoms in total. The van der Waals surface area contributed by atoms with Gasteiger partial charge in [0.1, 0.15) is 11.5 Å². The van der Waals surface area contributed by atoms with Crippen LogP contribution in [0.2, 0.25) is 0 Å². The van der Waals surface area contributed by atoms with Crippen LogP contribution in [-0.4, -0.2) is 42.3 Å². The summed E-state index contributed by atoms with van der Waals surface area (Å²) in [5, 5.41) is 10.6. The summed E-state index contributed by atoms with van der Waals surface area (Å²) in [5.41, 5.74) is 3.31. The second kappa shape index (κ2) is 8.46. The third-order valence-corrected chi connectivity index (χ3v) is 4.03. The van der Waals surface area contributed by atoms with Gasteiger partial charge in [0.25, 0.3) is 0 Å². The third-order valence-electron chi connectivity index (χ3n) is 4.03. The van der Waals surface area contributed by atoms with Gasteiger partial charge in [-0.3, -0.25) is 10.00 Å². The molecule has 0 unspecified atom stereocenters. The molecule has 25 heavy (non-hydrogen) atoms. The lowest BCUT2D eigenvalue weighted by Gasteiger charge is -2.15. The van der Waals surface area contributed by atoms with Crippen molar-refractivity contribution in [3.05, 3.63) is 66.5 Å². The molecule has 5 heteroatoms. The number of ether oxygens (including phenoxy) is 1. The van der Waals surface area contributed by atoms with Gasteiger partial charge in [0.05, 0.1) is 5.69 Å². The number of benzene rings is 2. The maximum absolute atomic E-state index is 5.85. The molecule has 0 saturated heterocycles. The van der Waals surface area contributed by atoms with Gasteiger partial charge in [-0.1, -0.05) is 30.3 Å². The van der Waals surface area contributed by atoms with E-state index in [-0.39, 0.29) is 0 Å². The van der Waals surface area contributed by atoms with Crippen LogP contribution in [0.25, 0.3) is 11.1 Å². The highest BCUT2D eigenvalue weighted by Gasteiger charge is 2.11. The number of para-hydroxylation sites is 1. The standard InChI is InChI=1S/C20H24N4O/c1-21-12-13-24(2)15-20-19(14-22-23-20)16-8-10-18(11-9-16)25-17-6-4-3-5-7-17/h3-11,14,21H,12-13,15H2,1-2H3,(H,22,23). The molecule has 0 spiro atoms. The lowest BCUT2D eigenvalue weighted by atomic mass is 10.1. The van der Waals surface area contributed by atoms with Crippen molar-refractivity contribution in [1.29, 1.82) is 0 Å². The van der Waals surface area contributed by atoms with Crippen LogP contribution < -0.4 is 10.1 Å². The monoisotopic (exact) mass is 336 g/mol. The zero-order valence-corrected chi connectivity index (χ0v) is 14.7. The van der Waals surface area contributed by atoms with E-state index in [1.807, 2.05) is 55.7 Å². The van der Waals surface area contributed by atoms with Crippen LogP contribution in [0.3, 0.4) is 0 Å². The molecule has 3 rings (SSSR count). The molecule has 0 bridgehead atoms. The molecule has 0 fully saturated rings. The molecule has 130 valence electrons. The van der Waals surface area contributed by atoms with E-state index in [4.69, 9.17) is 4.74 Å².